The summed E-state index contributed by atoms with van der Waals surface area (Å²) in [7, 11) is 1.73. The molecule has 0 unspecified atom stereocenters. The molecule has 5 nitrogen and oxygen atoms in total. The van der Waals surface area contributed by atoms with E-state index in [-0.39, 0.29) is 10.8 Å². The Morgan fingerprint density at radius 2 is 2.04 bits per heavy atom. The summed E-state index contributed by atoms with van der Waals surface area (Å²) >= 11 is 1.16. The number of rotatable bonds is 4. The maximum Gasteiger partial charge on any atom is 0.307 e. The lowest BCUT2D eigenvalue weighted by molar-refractivity contribution is -0.122. The summed E-state index contributed by atoms with van der Waals surface area (Å²) in [6, 6.07) is 13.0. The number of carbonyl (C=O) groups excluding carboxylic acids is 1. The van der Waals surface area contributed by atoms with Gasteiger partial charge < -0.3 is 14.6 Å². The van der Waals surface area contributed by atoms with Gasteiger partial charge in [-0.05, 0) is 49.7 Å². The van der Waals surface area contributed by atoms with Gasteiger partial charge in [-0.1, -0.05) is 23.5 Å². The Morgan fingerprint density at radius 3 is 2.79 bits per heavy atom. The van der Waals surface area contributed by atoms with Crippen LogP contribution in [0.15, 0.2) is 47.3 Å². The number of amides is 1. The molecule has 6 heteroatoms. The van der Waals surface area contributed by atoms with E-state index in [9.17, 15) is 9.59 Å². The molecule has 0 aliphatic carbocycles. The minimum Gasteiger partial charge on any atom is -0.481 e. The lowest BCUT2D eigenvalue weighted by atomic mass is 10.2. The molecule has 0 fully saturated rings. The van der Waals surface area contributed by atoms with E-state index in [0.29, 0.717) is 11.4 Å². The summed E-state index contributed by atoms with van der Waals surface area (Å²) in [5.41, 5.74) is 2.57. The maximum atomic E-state index is 12.3. The van der Waals surface area contributed by atoms with Crippen LogP contribution in [0.1, 0.15) is 12.5 Å². The van der Waals surface area contributed by atoms with Crippen LogP contribution in [0.2, 0.25) is 0 Å². The van der Waals surface area contributed by atoms with Crippen LogP contribution in [0.3, 0.4) is 0 Å². The number of hydrogen-bond donors (Lipinski definition) is 1. The first-order valence-corrected chi connectivity index (χ1v) is 8.39. The fourth-order valence-corrected chi connectivity index (χ4v) is 3.32. The molecular weight excluding hydrogens is 324 g/mol. The highest BCUT2D eigenvalue weighted by molar-refractivity contribution is 7.16. The van der Waals surface area contributed by atoms with Gasteiger partial charge in [-0.25, -0.2) is 0 Å². The van der Waals surface area contributed by atoms with Gasteiger partial charge in [-0.3, -0.25) is 9.59 Å². The molecule has 0 saturated carbocycles. The van der Waals surface area contributed by atoms with E-state index in [1.165, 1.54) is 0 Å². The molecule has 0 aliphatic rings. The van der Waals surface area contributed by atoms with Crippen LogP contribution in [0.25, 0.3) is 10.2 Å². The van der Waals surface area contributed by atoms with Crippen molar-refractivity contribution >= 4 is 33.1 Å². The number of anilines is 1. The number of benzene rings is 2. The summed E-state index contributed by atoms with van der Waals surface area (Å²) in [6.07, 6.45) is -0.628. The zero-order valence-corrected chi connectivity index (χ0v) is 14.5. The number of aryl methyl sites for hydroxylation is 2. The van der Waals surface area contributed by atoms with Gasteiger partial charge in [0, 0.05) is 12.7 Å². The first-order chi connectivity index (χ1) is 11.4. The second-order valence-electron chi connectivity index (χ2n) is 5.68. The largest absolute Gasteiger partial charge is 0.481 e. The molecule has 1 N–H and O–H groups in total. The van der Waals surface area contributed by atoms with Crippen LogP contribution in [-0.2, 0) is 11.8 Å². The number of nitrogens with zero attached hydrogens (tertiary/aromatic N) is 1. The SMILES string of the molecule is Cc1cccc(O[C@H](C)C(=O)Nc2ccc3c(c2)sc(=O)n3C)c1. The number of hydrogen-bond acceptors (Lipinski definition) is 4. The maximum absolute atomic E-state index is 12.3. The van der Waals surface area contributed by atoms with Gasteiger partial charge in [0.05, 0.1) is 10.2 Å². The second kappa shape index (κ2) is 6.49. The normalized spacial score (nSPS) is 12.1. The van der Waals surface area contributed by atoms with E-state index < -0.39 is 6.10 Å². The predicted molar refractivity (Wildman–Crippen MR) is 97.0 cm³/mol. The quantitative estimate of drug-likeness (QED) is 0.791. The van der Waals surface area contributed by atoms with Gasteiger partial charge in [-0.2, -0.15) is 0 Å². The number of ether oxygens (including phenoxy) is 1. The van der Waals surface area contributed by atoms with Crippen LogP contribution in [0.4, 0.5) is 5.69 Å². The number of thiazole rings is 1. The standard InChI is InChI=1S/C18H18N2O3S/c1-11-5-4-6-14(9-11)23-12(2)17(21)19-13-7-8-15-16(10-13)24-18(22)20(15)3/h4-10,12H,1-3H3,(H,19,21)/t12-/m1/s1. The van der Waals surface area contributed by atoms with E-state index in [1.807, 2.05) is 37.3 Å². The summed E-state index contributed by atoms with van der Waals surface area (Å²) in [4.78, 5) is 24.0. The molecule has 24 heavy (non-hydrogen) atoms. The van der Waals surface area contributed by atoms with Crippen molar-refractivity contribution in [3.63, 3.8) is 0 Å². The van der Waals surface area contributed by atoms with Crippen molar-refractivity contribution in [1.29, 1.82) is 0 Å². The molecule has 1 heterocycles. The molecule has 0 saturated heterocycles. The highest BCUT2D eigenvalue weighted by Crippen LogP contribution is 2.21. The number of nitrogens with one attached hydrogen (secondary N) is 1. The van der Waals surface area contributed by atoms with E-state index in [1.54, 1.807) is 30.7 Å². The molecular formula is C18H18N2O3S. The van der Waals surface area contributed by atoms with Crippen molar-refractivity contribution in [2.75, 3.05) is 5.32 Å². The molecule has 0 spiro atoms. The van der Waals surface area contributed by atoms with Crippen molar-refractivity contribution in [3.05, 3.63) is 57.7 Å². The van der Waals surface area contributed by atoms with Gasteiger partial charge in [0.25, 0.3) is 5.91 Å². The third kappa shape index (κ3) is 3.33. The average Bonchev–Trinajstić information content (AvgIpc) is 2.81. The van der Waals surface area contributed by atoms with E-state index in [2.05, 4.69) is 5.32 Å². The number of carbonyl (C=O) groups is 1. The molecule has 1 amide bonds. The topological polar surface area (TPSA) is 60.3 Å². The third-order valence-corrected chi connectivity index (χ3v) is 4.73. The smallest absolute Gasteiger partial charge is 0.307 e. The van der Waals surface area contributed by atoms with Crippen LogP contribution in [0.5, 0.6) is 5.75 Å². The average molecular weight is 342 g/mol. The van der Waals surface area contributed by atoms with Crippen LogP contribution >= 0.6 is 11.3 Å². The summed E-state index contributed by atoms with van der Waals surface area (Å²) in [5.74, 6) is 0.425. The van der Waals surface area contributed by atoms with E-state index in [0.717, 1.165) is 27.1 Å². The Morgan fingerprint density at radius 1 is 1.25 bits per heavy atom. The minimum absolute atomic E-state index is 0.0235. The summed E-state index contributed by atoms with van der Waals surface area (Å²) < 4.78 is 8.11. The fourth-order valence-electron chi connectivity index (χ4n) is 2.40. The van der Waals surface area contributed by atoms with Crippen molar-refractivity contribution in [1.82, 2.24) is 4.57 Å². The van der Waals surface area contributed by atoms with E-state index >= 15 is 0 Å². The van der Waals surface area contributed by atoms with Crippen molar-refractivity contribution in [2.24, 2.45) is 7.05 Å². The monoisotopic (exact) mass is 342 g/mol. The minimum atomic E-state index is -0.628. The molecule has 0 bridgehead atoms. The Kier molecular flexibility index (Phi) is 4.40. The molecule has 0 radical (unpaired) electrons. The molecule has 0 aliphatic heterocycles. The van der Waals surface area contributed by atoms with Gasteiger partial charge >= 0.3 is 4.87 Å². The summed E-state index contributed by atoms with van der Waals surface area (Å²) in [6.45, 7) is 3.68. The molecule has 1 aromatic heterocycles. The lowest BCUT2D eigenvalue weighted by Crippen LogP contribution is -2.30. The van der Waals surface area contributed by atoms with Gasteiger partial charge in [0.1, 0.15) is 5.75 Å². The number of fused-ring (bicyclic) bond motifs is 1. The summed E-state index contributed by atoms with van der Waals surface area (Å²) in [5, 5.41) is 2.83. The van der Waals surface area contributed by atoms with E-state index in [4.69, 9.17) is 4.74 Å². The van der Waals surface area contributed by atoms with Crippen LogP contribution in [0, 0.1) is 6.92 Å². The molecule has 124 valence electrons. The predicted octanol–water partition coefficient (Wildman–Crippen LogP) is 3.31. The Labute approximate surface area is 143 Å². The molecule has 1 atom stereocenters. The van der Waals surface area contributed by atoms with Gasteiger partial charge in [0.2, 0.25) is 0 Å². The van der Waals surface area contributed by atoms with Crippen molar-refractivity contribution in [2.45, 2.75) is 20.0 Å². The third-order valence-electron chi connectivity index (χ3n) is 3.73. The Hall–Kier alpha value is -2.60. The van der Waals surface area contributed by atoms with Gasteiger partial charge in [0.15, 0.2) is 6.10 Å². The zero-order chi connectivity index (χ0) is 17.3. The first kappa shape index (κ1) is 16.3. The second-order valence-corrected chi connectivity index (χ2v) is 6.67. The van der Waals surface area contributed by atoms with Crippen LogP contribution in [-0.4, -0.2) is 16.6 Å². The molecule has 2 aromatic carbocycles. The lowest BCUT2D eigenvalue weighted by Gasteiger charge is -2.15. The molecule has 3 rings (SSSR count). The zero-order valence-electron chi connectivity index (χ0n) is 13.7. The highest BCUT2D eigenvalue weighted by atomic mass is 32.1. The molecule has 3 aromatic rings. The van der Waals surface area contributed by atoms with Crippen molar-refractivity contribution < 1.29 is 9.53 Å². The highest BCUT2D eigenvalue weighted by Gasteiger charge is 2.15. The Balaban J connectivity index is 1.73. The number of aromatic nitrogens is 1. The first-order valence-electron chi connectivity index (χ1n) is 7.58. The Bertz CT molecular complexity index is 958. The fraction of sp³-hybridized carbons (Fsp3) is 0.222. The van der Waals surface area contributed by atoms with Crippen molar-refractivity contribution in [3.8, 4) is 5.75 Å². The van der Waals surface area contributed by atoms with Crippen LogP contribution < -0.4 is 14.9 Å². The van der Waals surface area contributed by atoms with Gasteiger partial charge in [-0.15, -0.1) is 0 Å².